The van der Waals surface area contributed by atoms with E-state index < -0.39 is 24.6 Å². The van der Waals surface area contributed by atoms with Gasteiger partial charge in [0.15, 0.2) is 0 Å². The van der Waals surface area contributed by atoms with E-state index in [9.17, 15) is 15.3 Å². The lowest BCUT2D eigenvalue weighted by atomic mass is 9.99. The summed E-state index contributed by atoms with van der Waals surface area (Å²) in [5.74, 6) is 1.09. The quantitative estimate of drug-likeness (QED) is 0.726. The lowest BCUT2D eigenvalue weighted by molar-refractivity contribution is -0.242. The molecule has 1 heterocycles. The standard InChI is InChI=1S/C22H28O5/c1-14(2)17-9-5-15(6-10-17)3-4-16-7-11-18(12-8-16)27-22-21(25)20(24)19(23)13-26-22/h5-12,14,19-25H,3-4,13H2,1-2H3/t19-,20-,21+,22+/m0/s1. The maximum absolute atomic E-state index is 9.93. The number of aryl methyl sites for hydroxylation is 2. The molecule has 2 aromatic carbocycles. The highest BCUT2D eigenvalue weighted by atomic mass is 16.7. The van der Waals surface area contributed by atoms with Gasteiger partial charge in [-0.15, -0.1) is 0 Å². The zero-order valence-electron chi connectivity index (χ0n) is 15.8. The summed E-state index contributed by atoms with van der Waals surface area (Å²) >= 11 is 0. The van der Waals surface area contributed by atoms with E-state index in [2.05, 4.69) is 38.1 Å². The summed E-state index contributed by atoms with van der Waals surface area (Å²) in [5, 5.41) is 29.1. The maximum atomic E-state index is 9.93. The Morgan fingerprint density at radius 2 is 1.44 bits per heavy atom. The largest absolute Gasteiger partial charge is 0.462 e. The molecule has 0 aliphatic carbocycles. The lowest BCUT2D eigenvalue weighted by Crippen LogP contribution is -2.54. The van der Waals surface area contributed by atoms with E-state index >= 15 is 0 Å². The molecule has 0 bridgehead atoms. The van der Waals surface area contributed by atoms with Gasteiger partial charge in [0.25, 0.3) is 0 Å². The van der Waals surface area contributed by atoms with Crippen molar-refractivity contribution in [3.63, 3.8) is 0 Å². The molecule has 0 spiro atoms. The monoisotopic (exact) mass is 372 g/mol. The highest BCUT2D eigenvalue weighted by Gasteiger charge is 2.38. The van der Waals surface area contributed by atoms with Crippen LogP contribution in [-0.4, -0.2) is 46.5 Å². The summed E-state index contributed by atoms with van der Waals surface area (Å²) in [6.07, 6.45) is -2.76. The Morgan fingerprint density at radius 1 is 0.889 bits per heavy atom. The molecular formula is C22H28O5. The van der Waals surface area contributed by atoms with E-state index in [0.717, 1.165) is 12.8 Å². The van der Waals surface area contributed by atoms with Crippen LogP contribution in [0, 0.1) is 0 Å². The first-order valence-corrected chi connectivity index (χ1v) is 9.44. The lowest BCUT2D eigenvalue weighted by Gasteiger charge is -2.34. The Bertz CT molecular complexity index is 710. The maximum Gasteiger partial charge on any atom is 0.228 e. The number of ether oxygens (including phenoxy) is 2. The molecule has 1 saturated heterocycles. The number of hydrogen-bond acceptors (Lipinski definition) is 5. The third-order valence-corrected chi connectivity index (χ3v) is 4.98. The van der Waals surface area contributed by atoms with E-state index in [4.69, 9.17) is 9.47 Å². The second-order valence-corrected chi connectivity index (χ2v) is 7.41. The van der Waals surface area contributed by atoms with Crippen LogP contribution in [0.2, 0.25) is 0 Å². The summed E-state index contributed by atoms with van der Waals surface area (Å²) in [6, 6.07) is 16.4. The summed E-state index contributed by atoms with van der Waals surface area (Å²) in [7, 11) is 0. The zero-order chi connectivity index (χ0) is 19.4. The Hall–Kier alpha value is -1.92. The first kappa shape index (κ1) is 19.8. The van der Waals surface area contributed by atoms with Crippen LogP contribution in [0.4, 0.5) is 0 Å². The number of aliphatic hydroxyl groups is 3. The van der Waals surface area contributed by atoms with Crippen molar-refractivity contribution in [3.05, 3.63) is 65.2 Å². The fourth-order valence-corrected chi connectivity index (χ4v) is 3.11. The number of benzene rings is 2. The molecule has 1 aliphatic heterocycles. The van der Waals surface area contributed by atoms with Gasteiger partial charge in [-0.1, -0.05) is 50.2 Å². The van der Waals surface area contributed by atoms with E-state index in [-0.39, 0.29) is 6.61 Å². The summed E-state index contributed by atoms with van der Waals surface area (Å²) in [4.78, 5) is 0. The summed E-state index contributed by atoms with van der Waals surface area (Å²) < 4.78 is 10.9. The molecule has 3 N–H and O–H groups in total. The molecule has 3 rings (SSSR count). The van der Waals surface area contributed by atoms with E-state index in [1.54, 1.807) is 0 Å². The topological polar surface area (TPSA) is 79.2 Å². The minimum absolute atomic E-state index is 0.0728. The van der Waals surface area contributed by atoms with Crippen molar-refractivity contribution in [1.29, 1.82) is 0 Å². The average Bonchev–Trinajstić information content (AvgIpc) is 2.68. The predicted molar refractivity (Wildman–Crippen MR) is 103 cm³/mol. The van der Waals surface area contributed by atoms with E-state index in [0.29, 0.717) is 11.7 Å². The van der Waals surface area contributed by atoms with Crippen molar-refractivity contribution < 1.29 is 24.8 Å². The highest BCUT2D eigenvalue weighted by Crippen LogP contribution is 2.22. The molecule has 0 amide bonds. The Morgan fingerprint density at radius 3 is 2.00 bits per heavy atom. The molecule has 1 aliphatic rings. The van der Waals surface area contributed by atoms with Crippen LogP contribution in [0.3, 0.4) is 0 Å². The molecule has 0 unspecified atom stereocenters. The van der Waals surface area contributed by atoms with Crippen molar-refractivity contribution in [2.45, 2.75) is 57.2 Å². The van der Waals surface area contributed by atoms with Crippen molar-refractivity contribution in [2.75, 3.05) is 6.61 Å². The van der Waals surface area contributed by atoms with Crippen molar-refractivity contribution in [2.24, 2.45) is 0 Å². The second kappa shape index (κ2) is 8.85. The van der Waals surface area contributed by atoms with Gasteiger partial charge < -0.3 is 24.8 Å². The van der Waals surface area contributed by atoms with Gasteiger partial charge in [-0.3, -0.25) is 0 Å². The molecule has 0 saturated carbocycles. The second-order valence-electron chi connectivity index (χ2n) is 7.41. The molecule has 4 atom stereocenters. The Kier molecular flexibility index (Phi) is 6.50. The van der Waals surface area contributed by atoms with Gasteiger partial charge in [0.05, 0.1) is 6.61 Å². The molecular weight excluding hydrogens is 344 g/mol. The first-order valence-electron chi connectivity index (χ1n) is 9.44. The van der Waals surface area contributed by atoms with Gasteiger partial charge in [0, 0.05) is 0 Å². The van der Waals surface area contributed by atoms with E-state index in [1.807, 2.05) is 24.3 Å². The van der Waals surface area contributed by atoms with Crippen LogP contribution in [0.5, 0.6) is 5.75 Å². The molecule has 146 valence electrons. The highest BCUT2D eigenvalue weighted by molar-refractivity contribution is 5.29. The third-order valence-electron chi connectivity index (χ3n) is 4.98. The van der Waals surface area contributed by atoms with Crippen LogP contribution in [-0.2, 0) is 17.6 Å². The predicted octanol–water partition coefficient (Wildman–Crippen LogP) is 2.41. The molecule has 5 heteroatoms. The van der Waals surface area contributed by atoms with Crippen LogP contribution >= 0.6 is 0 Å². The molecule has 0 radical (unpaired) electrons. The van der Waals surface area contributed by atoms with Gasteiger partial charge in [-0.25, -0.2) is 0 Å². The zero-order valence-corrected chi connectivity index (χ0v) is 15.8. The van der Waals surface area contributed by atoms with Gasteiger partial charge in [-0.05, 0) is 47.6 Å². The molecule has 27 heavy (non-hydrogen) atoms. The number of aliphatic hydroxyl groups excluding tert-OH is 3. The van der Waals surface area contributed by atoms with Crippen molar-refractivity contribution in [3.8, 4) is 5.75 Å². The smallest absolute Gasteiger partial charge is 0.228 e. The Balaban J connectivity index is 1.53. The SMILES string of the molecule is CC(C)c1ccc(CCc2ccc(O[C@H]3OC[C@H](O)[C@H](O)[C@H]3O)cc2)cc1. The van der Waals surface area contributed by atoms with Gasteiger partial charge >= 0.3 is 0 Å². The third kappa shape index (κ3) is 5.08. The number of rotatable bonds is 6. The summed E-state index contributed by atoms with van der Waals surface area (Å²) in [6.45, 7) is 4.31. The molecule has 1 fully saturated rings. The van der Waals surface area contributed by atoms with Crippen LogP contribution in [0.1, 0.15) is 36.5 Å². The van der Waals surface area contributed by atoms with Gasteiger partial charge in [0.2, 0.25) is 6.29 Å². The molecule has 0 aromatic heterocycles. The number of hydrogen-bond donors (Lipinski definition) is 3. The first-order chi connectivity index (χ1) is 12.9. The fraction of sp³-hybridized carbons (Fsp3) is 0.455. The van der Waals surface area contributed by atoms with Crippen LogP contribution in [0.25, 0.3) is 0 Å². The van der Waals surface area contributed by atoms with E-state index in [1.165, 1.54) is 16.7 Å². The van der Waals surface area contributed by atoms with Crippen LogP contribution < -0.4 is 4.74 Å². The minimum Gasteiger partial charge on any atom is -0.462 e. The van der Waals surface area contributed by atoms with Crippen LogP contribution in [0.15, 0.2) is 48.5 Å². The Labute approximate surface area is 160 Å². The summed E-state index contributed by atoms with van der Waals surface area (Å²) in [5.41, 5.74) is 3.85. The molecule has 5 nitrogen and oxygen atoms in total. The van der Waals surface area contributed by atoms with Crippen molar-refractivity contribution in [1.82, 2.24) is 0 Å². The fourth-order valence-electron chi connectivity index (χ4n) is 3.11. The van der Waals surface area contributed by atoms with Gasteiger partial charge in [-0.2, -0.15) is 0 Å². The van der Waals surface area contributed by atoms with Gasteiger partial charge in [0.1, 0.15) is 24.1 Å². The van der Waals surface area contributed by atoms with Crippen molar-refractivity contribution >= 4 is 0 Å². The normalized spacial score (nSPS) is 25.6. The average molecular weight is 372 g/mol. The minimum atomic E-state index is -1.29. The molecule has 2 aromatic rings.